The largest absolute Gasteiger partial charge is 0.468 e. The van der Waals surface area contributed by atoms with Gasteiger partial charge in [0.2, 0.25) is 0 Å². The molecule has 0 spiro atoms. The molecule has 0 saturated heterocycles. The van der Waals surface area contributed by atoms with E-state index in [2.05, 4.69) is 19.2 Å². The van der Waals surface area contributed by atoms with Gasteiger partial charge in [-0.1, -0.05) is 27.2 Å². The lowest BCUT2D eigenvalue weighted by atomic mass is 9.95. The van der Waals surface area contributed by atoms with E-state index in [1.807, 2.05) is 25.6 Å². The molecule has 0 aliphatic heterocycles. The van der Waals surface area contributed by atoms with Crippen LogP contribution in [0, 0.1) is 0 Å². The molecule has 0 aliphatic carbocycles. The van der Waals surface area contributed by atoms with Crippen molar-refractivity contribution < 1.29 is 9.53 Å². The third-order valence-electron chi connectivity index (χ3n) is 3.25. The summed E-state index contributed by atoms with van der Waals surface area (Å²) in [7, 11) is 1.46. The van der Waals surface area contributed by atoms with E-state index in [9.17, 15) is 4.79 Å². The zero-order chi connectivity index (χ0) is 14.0. The van der Waals surface area contributed by atoms with Crippen molar-refractivity contribution >= 4 is 17.7 Å². The van der Waals surface area contributed by atoms with Crippen LogP contribution in [0.4, 0.5) is 0 Å². The molecule has 0 aromatic rings. The van der Waals surface area contributed by atoms with Crippen molar-refractivity contribution in [3.8, 4) is 0 Å². The van der Waals surface area contributed by atoms with Crippen LogP contribution in [-0.4, -0.2) is 36.2 Å². The van der Waals surface area contributed by atoms with Crippen LogP contribution in [0.15, 0.2) is 0 Å². The number of methoxy groups -OCH3 is 1. The minimum Gasteiger partial charge on any atom is -0.468 e. The number of carbonyl (C=O) groups excluding carboxylic acids is 1. The standard InChI is InChI=1S/C14H29NO2S/c1-6-12(3)18-11-9-8-10-14(4,15-7-2)13(16)17-5/h12,15H,6-11H2,1-5H3. The highest BCUT2D eigenvalue weighted by atomic mass is 32.2. The number of esters is 1. The van der Waals surface area contributed by atoms with Gasteiger partial charge in [0.15, 0.2) is 0 Å². The molecule has 0 bridgehead atoms. The van der Waals surface area contributed by atoms with E-state index in [1.165, 1.54) is 19.3 Å². The highest BCUT2D eigenvalue weighted by Gasteiger charge is 2.32. The second-order valence-electron chi connectivity index (χ2n) is 4.90. The molecule has 2 unspecified atom stereocenters. The molecule has 0 amide bonds. The number of thioether (sulfide) groups is 1. The molecule has 0 aromatic heterocycles. The Kier molecular flexibility index (Phi) is 9.56. The Morgan fingerprint density at radius 3 is 2.56 bits per heavy atom. The van der Waals surface area contributed by atoms with Crippen molar-refractivity contribution in [2.45, 2.75) is 64.2 Å². The fourth-order valence-electron chi connectivity index (χ4n) is 1.86. The molecule has 2 atom stereocenters. The predicted octanol–water partition coefficient (Wildman–Crippen LogP) is 3.23. The molecular weight excluding hydrogens is 246 g/mol. The fraction of sp³-hybridized carbons (Fsp3) is 0.929. The maximum absolute atomic E-state index is 11.8. The fourth-order valence-corrected chi connectivity index (χ4v) is 2.87. The average Bonchev–Trinajstić information content (AvgIpc) is 2.37. The second kappa shape index (κ2) is 9.68. The SMILES string of the molecule is CCNC(C)(CCCCSC(C)CC)C(=O)OC. The summed E-state index contributed by atoms with van der Waals surface area (Å²) < 4.78 is 4.87. The van der Waals surface area contributed by atoms with Crippen LogP contribution in [0.3, 0.4) is 0 Å². The lowest BCUT2D eigenvalue weighted by Crippen LogP contribution is -2.50. The molecule has 1 N–H and O–H groups in total. The summed E-state index contributed by atoms with van der Waals surface area (Å²) >= 11 is 2.02. The molecule has 0 radical (unpaired) electrons. The van der Waals surface area contributed by atoms with E-state index in [0.29, 0.717) is 0 Å². The first-order chi connectivity index (χ1) is 8.50. The number of hydrogen-bond acceptors (Lipinski definition) is 4. The monoisotopic (exact) mass is 275 g/mol. The normalized spacial score (nSPS) is 16.1. The Labute approximate surface area is 116 Å². The molecule has 18 heavy (non-hydrogen) atoms. The van der Waals surface area contributed by atoms with E-state index >= 15 is 0 Å². The van der Waals surface area contributed by atoms with Gasteiger partial charge >= 0.3 is 5.97 Å². The van der Waals surface area contributed by atoms with Crippen LogP contribution in [-0.2, 0) is 9.53 Å². The number of ether oxygens (including phenoxy) is 1. The lowest BCUT2D eigenvalue weighted by Gasteiger charge is -2.27. The van der Waals surface area contributed by atoms with Crippen LogP contribution >= 0.6 is 11.8 Å². The molecule has 4 heteroatoms. The lowest BCUT2D eigenvalue weighted by molar-refractivity contribution is -0.148. The maximum Gasteiger partial charge on any atom is 0.325 e. The van der Waals surface area contributed by atoms with Crippen LogP contribution in [0.5, 0.6) is 0 Å². The summed E-state index contributed by atoms with van der Waals surface area (Å²) in [5.74, 6) is 1.03. The number of likely N-dealkylation sites (N-methyl/N-ethyl adjacent to an activating group) is 1. The molecule has 3 nitrogen and oxygen atoms in total. The predicted molar refractivity (Wildman–Crippen MR) is 80.2 cm³/mol. The van der Waals surface area contributed by atoms with Gasteiger partial charge in [-0.3, -0.25) is 4.79 Å². The molecule has 0 saturated carbocycles. The minimum absolute atomic E-state index is 0.154. The van der Waals surface area contributed by atoms with Crippen molar-refractivity contribution in [1.29, 1.82) is 0 Å². The first-order valence-electron chi connectivity index (χ1n) is 6.95. The number of carbonyl (C=O) groups is 1. The van der Waals surface area contributed by atoms with Gasteiger partial charge < -0.3 is 10.1 Å². The van der Waals surface area contributed by atoms with Crippen LogP contribution in [0.1, 0.15) is 53.4 Å². The van der Waals surface area contributed by atoms with Gasteiger partial charge in [0.25, 0.3) is 0 Å². The zero-order valence-electron chi connectivity index (χ0n) is 12.5. The van der Waals surface area contributed by atoms with Gasteiger partial charge in [-0.2, -0.15) is 11.8 Å². The van der Waals surface area contributed by atoms with E-state index in [0.717, 1.165) is 31.1 Å². The van der Waals surface area contributed by atoms with E-state index < -0.39 is 5.54 Å². The Bertz CT molecular complexity index is 236. The average molecular weight is 275 g/mol. The van der Waals surface area contributed by atoms with E-state index in [1.54, 1.807) is 0 Å². The summed E-state index contributed by atoms with van der Waals surface area (Å²) in [6.45, 7) is 9.22. The van der Waals surface area contributed by atoms with Crippen molar-refractivity contribution in [2.75, 3.05) is 19.4 Å². The Morgan fingerprint density at radius 1 is 1.39 bits per heavy atom. The van der Waals surface area contributed by atoms with E-state index in [-0.39, 0.29) is 5.97 Å². The third kappa shape index (κ3) is 6.64. The molecule has 0 aliphatic rings. The first-order valence-corrected chi connectivity index (χ1v) is 8.00. The maximum atomic E-state index is 11.8. The van der Waals surface area contributed by atoms with Gasteiger partial charge in [-0.15, -0.1) is 0 Å². The molecule has 108 valence electrons. The molecule has 0 fully saturated rings. The van der Waals surface area contributed by atoms with E-state index in [4.69, 9.17) is 4.74 Å². The number of rotatable bonds is 10. The summed E-state index contributed by atoms with van der Waals surface area (Å²) in [6, 6.07) is 0. The zero-order valence-corrected chi connectivity index (χ0v) is 13.4. The smallest absolute Gasteiger partial charge is 0.325 e. The highest BCUT2D eigenvalue weighted by Crippen LogP contribution is 2.19. The van der Waals surface area contributed by atoms with Gasteiger partial charge in [0.05, 0.1) is 7.11 Å². The summed E-state index contributed by atoms with van der Waals surface area (Å²) in [5, 5.41) is 3.98. The Hall–Kier alpha value is -0.220. The van der Waals surface area contributed by atoms with Crippen molar-refractivity contribution in [2.24, 2.45) is 0 Å². The third-order valence-corrected chi connectivity index (χ3v) is 4.68. The van der Waals surface area contributed by atoms with Crippen LogP contribution < -0.4 is 5.32 Å². The van der Waals surface area contributed by atoms with Crippen LogP contribution in [0.2, 0.25) is 0 Å². The topological polar surface area (TPSA) is 38.3 Å². The van der Waals surface area contributed by atoms with Crippen LogP contribution in [0.25, 0.3) is 0 Å². The molecule has 0 heterocycles. The second-order valence-corrected chi connectivity index (χ2v) is 6.45. The summed E-state index contributed by atoms with van der Waals surface area (Å²) in [6.07, 6.45) is 4.28. The molecule has 0 aromatic carbocycles. The number of unbranched alkanes of at least 4 members (excludes halogenated alkanes) is 1. The quantitative estimate of drug-likeness (QED) is 0.491. The Balaban J connectivity index is 3.94. The minimum atomic E-state index is -0.523. The van der Waals surface area contributed by atoms with Gasteiger partial charge in [-0.05, 0) is 38.5 Å². The first kappa shape index (κ1) is 17.8. The molecule has 0 rings (SSSR count). The van der Waals surface area contributed by atoms with Gasteiger partial charge in [-0.25, -0.2) is 0 Å². The van der Waals surface area contributed by atoms with Crippen molar-refractivity contribution in [1.82, 2.24) is 5.32 Å². The molecular formula is C14H29NO2S. The van der Waals surface area contributed by atoms with Crippen molar-refractivity contribution in [3.05, 3.63) is 0 Å². The van der Waals surface area contributed by atoms with Gasteiger partial charge in [0.1, 0.15) is 5.54 Å². The number of hydrogen-bond donors (Lipinski definition) is 1. The highest BCUT2D eigenvalue weighted by molar-refractivity contribution is 7.99. The van der Waals surface area contributed by atoms with Gasteiger partial charge in [0, 0.05) is 5.25 Å². The Morgan fingerprint density at radius 2 is 2.06 bits per heavy atom. The van der Waals surface area contributed by atoms with Crippen molar-refractivity contribution in [3.63, 3.8) is 0 Å². The summed E-state index contributed by atoms with van der Waals surface area (Å²) in [4.78, 5) is 11.8. The number of nitrogens with one attached hydrogen (secondary N) is 1. The summed E-state index contributed by atoms with van der Waals surface area (Å²) in [5.41, 5.74) is -0.523.